The first kappa shape index (κ1) is 32.9. The minimum absolute atomic E-state index is 0.113. The van der Waals surface area contributed by atoms with Gasteiger partial charge in [0.1, 0.15) is 18.2 Å². The first-order valence-corrected chi connectivity index (χ1v) is 14.0. The molecule has 1 fully saturated rings. The number of piperidine rings is 1. The molecule has 2 heterocycles. The number of benzene rings is 1. The molecule has 0 aromatic heterocycles. The van der Waals surface area contributed by atoms with Crippen LogP contribution in [0.5, 0.6) is 0 Å². The molecule has 2 aliphatic rings. The molecule has 0 saturated carbocycles. The van der Waals surface area contributed by atoms with Crippen LogP contribution in [-0.4, -0.2) is 110 Å². The number of nitrogens with zero attached hydrogens (tertiary/aromatic N) is 2. The van der Waals surface area contributed by atoms with Gasteiger partial charge in [-0.05, 0) is 51.0 Å². The van der Waals surface area contributed by atoms with Gasteiger partial charge in [-0.25, -0.2) is 4.79 Å². The fraction of sp³-hybridized carbons (Fsp3) is 0.607. The van der Waals surface area contributed by atoms with Crippen molar-refractivity contribution in [2.75, 3.05) is 64.6 Å². The van der Waals surface area contributed by atoms with Gasteiger partial charge in [-0.2, -0.15) is 0 Å². The van der Waals surface area contributed by atoms with E-state index in [0.29, 0.717) is 56.4 Å². The Morgan fingerprint density at radius 2 is 1.71 bits per heavy atom. The average molecular weight is 592 g/mol. The van der Waals surface area contributed by atoms with Crippen LogP contribution in [0.3, 0.4) is 0 Å². The zero-order valence-corrected chi connectivity index (χ0v) is 24.4. The number of nitrogens with one attached hydrogen (secondary N) is 2. The number of fused-ring (bicyclic) bond motifs is 1. The number of ether oxygens (including phenoxy) is 4. The van der Waals surface area contributed by atoms with Crippen molar-refractivity contribution < 1.29 is 42.9 Å². The van der Waals surface area contributed by atoms with E-state index in [9.17, 15) is 24.0 Å². The Labute approximate surface area is 245 Å². The lowest BCUT2D eigenvalue weighted by atomic mass is 10.0. The zero-order chi connectivity index (χ0) is 30.7. The molecule has 14 heteroatoms. The van der Waals surface area contributed by atoms with Crippen LogP contribution < -0.4 is 16.4 Å². The number of imide groups is 1. The maximum atomic E-state index is 12.9. The molecule has 232 valence electrons. The lowest BCUT2D eigenvalue weighted by molar-refractivity contribution is -0.137. The fourth-order valence-corrected chi connectivity index (χ4v) is 4.39. The maximum Gasteiger partial charge on any atom is 0.410 e. The van der Waals surface area contributed by atoms with Crippen molar-refractivity contribution >= 4 is 35.4 Å². The van der Waals surface area contributed by atoms with Gasteiger partial charge in [0.05, 0.1) is 39.6 Å². The molecule has 1 saturated heterocycles. The van der Waals surface area contributed by atoms with Gasteiger partial charge in [-0.1, -0.05) is 0 Å². The lowest BCUT2D eigenvalue weighted by Gasteiger charge is -2.29. The molecule has 4 N–H and O–H groups in total. The van der Waals surface area contributed by atoms with E-state index in [1.165, 1.54) is 9.80 Å². The molecule has 1 aromatic rings. The highest BCUT2D eigenvalue weighted by molar-refractivity contribution is 6.05. The van der Waals surface area contributed by atoms with Crippen LogP contribution in [-0.2, 0) is 39.9 Å². The summed E-state index contributed by atoms with van der Waals surface area (Å²) in [6.07, 6.45) is -0.236. The summed E-state index contributed by atoms with van der Waals surface area (Å²) in [6.45, 7) is 7.80. The SMILES string of the molecule is CC(C)(C)OC(=O)N(CCOCCOCCOCCN)CC(=O)Nc1ccc2c(c1)CN(C1CCC(=O)NC1=O)C2=O. The van der Waals surface area contributed by atoms with E-state index < -0.39 is 29.6 Å². The molecule has 0 spiro atoms. The topological polar surface area (TPSA) is 179 Å². The predicted octanol–water partition coefficient (Wildman–Crippen LogP) is 0.632. The number of hydrogen-bond donors (Lipinski definition) is 3. The van der Waals surface area contributed by atoms with Crippen LogP contribution in [0, 0.1) is 0 Å². The van der Waals surface area contributed by atoms with Crippen LogP contribution in [0.25, 0.3) is 0 Å². The Balaban J connectivity index is 1.52. The Morgan fingerprint density at radius 1 is 1.05 bits per heavy atom. The van der Waals surface area contributed by atoms with Gasteiger partial charge in [0.15, 0.2) is 0 Å². The molecule has 5 amide bonds. The molecule has 0 radical (unpaired) electrons. The first-order valence-electron chi connectivity index (χ1n) is 14.0. The first-order chi connectivity index (χ1) is 20.0. The standard InChI is InChI=1S/C28H41N5O9/c1-28(2,3)42-27(38)32(9-11-40-13-15-41-14-12-39-10-8-29)18-24(35)30-20-4-5-21-19(16-20)17-33(26(21)37)22-6-7-23(34)31-25(22)36/h4-5,16,22H,6-15,17-18,29H2,1-3H3,(H,30,35)(H,31,34,36). The Morgan fingerprint density at radius 3 is 2.36 bits per heavy atom. The smallest absolute Gasteiger partial charge is 0.410 e. The summed E-state index contributed by atoms with van der Waals surface area (Å²) in [5.41, 5.74) is 6.10. The third kappa shape index (κ3) is 10.0. The number of amides is 5. The summed E-state index contributed by atoms with van der Waals surface area (Å²) in [4.78, 5) is 65.1. The molecule has 1 unspecified atom stereocenters. The van der Waals surface area contributed by atoms with Crippen molar-refractivity contribution in [1.82, 2.24) is 15.1 Å². The summed E-state index contributed by atoms with van der Waals surface area (Å²) in [6, 6.07) is 4.11. The Bertz CT molecular complexity index is 1140. The molecular formula is C28H41N5O9. The van der Waals surface area contributed by atoms with Gasteiger partial charge in [0.25, 0.3) is 5.91 Å². The van der Waals surface area contributed by atoms with Crippen molar-refractivity contribution in [2.45, 2.75) is 51.8 Å². The molecule has 1 atom stereocenters. The van der Waals surface area contributed by atoms with Gasteiger partial charge in [-0.3, -0.25) is 29.4 Å². The van der Waals surface area contributed by atoms with Crippen molar-refractivity contribution in [3.05, 3.63) is 29.3 Å². The Kier molecular flexibility index (Phi) is 12.2. The van der Waals surface area contributed by atoms with Crippen molar-refractivity contribution in [2.24, 2.45) is 5.73 Å². The number of carbonyl (C=O) groups is 5. The van der Waals surface area contributed by atoms with Crippen LogP contribution in [0.2, 0.25) is 0 Å². The van der Waals surface area contributed by atoms with E-state index in [-0.39, 0.29) is 50.9 Å². The summed E-state index contributed by atoms with van der Waals surface area (Å²) in [7, 11) is 0. The van der Waals surface area contributed by atoms with Gasteiger partial charge in [0.2, 0.25) is 17.7 Å². The van der Waals surface area contributed by atoms with Gasteiger partial charge in [0, 0.05) is 37.3 Å². The molecule has 0 aliphatic carbocycles. The number of carbonyl (C=O) groups excluding carboxylic acids is 5. The minimum Gasteiger partial charge on any atom is -0.444 e. The largest absolute Gasteiger partial charge is 0.444 e. The highest BCUT2D eigenvalue weighted by Crippen LogP contribution is 2.29. The maximum absolute atomic E-state index is 12.9. The second-order valence-corrected chi connectivity index (χ2v) is 10.8. The lowest BCUT2D eigenvalue weighted by Crippen LogP contribution is -2.52. The third-order valence-corrected chi connectivity index (χ3v) is 6.31. The fourth-order valence-electron chi connectivity index (χ4n) is 4.39. The summed E-state index contributed by atoms with van der Waals surface area (Å²) in [5.74, 6) is -1.62. The van der Waals surface area contributed by atoms with E-state index in [2.05, 4.69) is 10.6 Å². The third-order valence-electron chi connectivity index (χ3n) is 6.31. The van der Waals surface area contributed by atoms with Crippen LogP contribution in [0.1, 0.15) is 49.5 Å². The van der Waals surface area contributed by atoms with Crippen LogP contribution in [0.4, 0.5) is 10.5 Å². The number of nitrogens with two attached hydrogens (primary N) is 1. The Hall–Kier alpha value is -3.59. The van der Waals surface area contributed by atoms with Gasteiger partial charge >= 0.3 is 6.09 Å². The van der Waals surface area contributed by atoms with E-state index in [1.807, 2.05) is 0 Å². The summed E-state index contributed by atoms with van der Waals surface area (Å²) in [5, 5.41) is 5.03. The number of rotatable bonds is 15. The van der Waals surface area contributed by atoms with Crippen LogP contribution >= 0.6 is 0 Å². The molecule has 1 aromatic carbocycles. The normalized spacial score (nSPS) is 16.7. The van der Waals surface area contributed by atoms with Crippen molar-refractivity contribution in [3.63, 3.8) is 0 Å². The molecule has 0 bridgehead atoms. The monoisotopic (exact) mass is 591 g/mol. The molecule has 3 rings (SSSR count). The molecule has 14 nitrogen and oxygen atoms in total. The highest BCUT2D eigenvalue weighted by atomic mass is 16.6. The average Bonchev–Trinajstić information content (AvgIpc) is 3.23. The minimum atomic E-state index is -0.757. The number of anilines is 1. The van der Waals surface area contributed by atoms with E-state index >= 15 is 0 Å². The highest BCUT2D eigenvalue weighted by Gasteiger charge is 2.39. The number of hydrogen-bond acceptors (Lipinski definition) is 10. The van der Waals surface area contributed by atoms with Gasteiger partial charge < -0.3 is 34.9 Å². The van der Waals surface area contributed by atoms with E-state index in [1.54, 1.807) is 39.0 Å². The summed E-state index contributed by atoms with van der Waals surface area (Å²) < 4.78 is 21.6. The zero-order valence-electron chi connectivity index (χ0n) is 24.4. The summed E-state index contributed by atoms with van der Waals surface area (Å²) >= 11 is 0. The van der Waals surface area contributed by atoms with E-state index in [0.717, 1.165) is 0 Å². The van der Waals surface area contributed by atoms with Gasteiger partial charge in [-0.15, -0.1) is 0 Å². The van der Waals surface area contributed by atoms with Crippen molar-refractivity contribution in [1.29, 1.82) is 0 Å². The molecule has 2 aliphatic heterocycles. The molecular weight excluding hydrogens is 550 g/mol. The van der Waals surface area contributed by atoms with E-state index in [4.69, 9.17) is 24.7 Å². The van der Waals surface area contributed by atoms with Crippen LogP contribution in [0.15, 0.2) is 18.2 Å². The quantitative estimate of drug-likeness (QED) is 0.194. The molecule has 42 heavy (non-hydrogen) atoms. The van der Waals surface area contributed by atoms with Crippen molar-refractivity contribution in [3.8, 4) is 0 Å². The second-order valence-electron chi connectivity index (χ2n) is 10.8. The predicted molar refractivity (Wildman–Crippen MR) is 150 cm³/mol. The second kappa shape index (κ2) is 15.6.